The van der Waals surface area contributed by atoms with Crippen LogP contribution in [0.4, 0.5) is 8.78 Å². The Morgan fingerprint density at radius 2 is 1.89 bits per heavy atom. The monoisotopic (exact) mass is 265 g/mol. The van der Waals surface area contributed by atoms with Crippen LogP contribution in [-0.2, 0) is 13.5 Å². The zero-order valence-corrected chi connectivity index (χ0v) is 11.2. The molecule has 0 bridgehead atoms. The first-order chi connectivity index (χ1) is 9.05. The summed E-state index contributed by atoms with van der Waals surface area (Å²) < 4.78 is 28.4. The van der Waals surface area contributed by atoms with Gasteiger partial charge in [-0.05, 0) is 31.2 Å². The first-order valence-electron chi connectivity index (χ1n) is 6.20. The number of hydrogen-bond acceptors (Lipinski definition) is 2. The van der Waals surface area contributed by atoms with Crippen LogP contribution in [0.2, 0.25) is 0 Å². The number of hydrogen-bond donors (Lipinski definition) is 1. The molecule has 0 aliphatic carbocycles. The largest absolute Gasteiger partial charge is 0.309 e. The predicted molar refractivity (Wildman–Crippen MR) is 69.8 cm³/mol. The van der Waals surface area contributed by atoms with Crippen molar-refractivity contribution in [3.63, 3.8) is 0 Å². The van der Waals surface area contributed by atoms with Crippen molar-refractivity contribution in [2.75, 3.05) is 7.05 Å². The predicted octanol–water partition coefficient (Wildman–Crippen LogP) is 2.57. The van der Waals surface area contributed by atoms with Crippen LogP contribution in [-0.4, -0.2) is 16.8 Å². The van der Waals surface area contributed by atoms with Gasteiger partial charge in [-0.3, -0.25) is 4.68 Å². The Hall–Kier alpha value is -1.75. The van der Waals surface area contributed by atoms with E-state index in [9.17, 15) is 8.78 Å². The maximum Gasteiger partial charge on any atom is 0.126 e. The minimum atomic E-state index is -0.572. The fourth-order valence-electron chi connectivity index (χ4n) is 2.31. The number of aromatic nitrogens is 2. The number of nitrogens with zero attached hydrogens (tertiary/aromatic N) is 2. The minimum absolute atomic E-state index is 0.270. The molecule has 1 aromatic heterocycles. The summed E-state index contributed by atoms with van der Waals surface area (Å²) in [5.41, 5.74) is 2.42. The number of nitrogens with one attached hydrogen (secondary N) is 1. The Balaban J connectivity index is 2.49. The van der Waals surface area contributed by atoms with Crippen molar-refractivity contribution in [3.8, 4) is 0 Å². The molecule has 0 saturated heterocycles. The van der Waals surface area contributed by atoms with Gasteiger partial charge in [-0.15, -0.1) is 0 Å². The van der Waals surface area contributed by atoms with E-state index in [0.29, 0.717) is 5.56 Å². The van der Waals surface area contributed by atoms with Crippen LogP contribution in [0, 0.1) is 11.6 Å². The van der Waals surface area contributed by atoms with Crippen LogP contribution >= 0.6 is 0 Å². The molecule has 1 atom stereocenters. The summed E-state index contributed by atoms with van der Waals surface area (Å²) in [5, 5.41) is 7.45. The quantitative estimate of drug-likeness (QED) is 0.920. The van der Waals surface area contributed by atoms with Crippen molar-refractivity contribution in [2.45, 2.75) is 19.4 Å². The molecule has 0 amide bonds. The fraction of sp³-hybridized carbons (Fsp3) is 0.357. The van der Waals surface area contributed by atoms with Gasteiger partial charge in [0.15, 0.2) is 0 Å². The molecule has 2 aromatic rings. The molecule has 1 aromatic carbocycles. The van der Waals surface area contributed by atoms with Gasteiger partial charge in [0, 0.05) is 24.9 Å². The molecule has 102 valence electrons. The van der Waals surface area contributed by atoms with E-state index in [1.807, 2.05) is 20.2 Å². The van der Waals surface area contributed by atoms with Crippen molar-refractivity contribution in [1.29, 1.82) is 0 Å². The van der Waals surface area contributed by atoms with Crippen molar-refractivity contribution in [3.05, 3.63) is 52.9 Å². The van der Waals surface area contributed by atoms with Gasteiger partial charge in [-0.2, -0.15) is 5.10 Å². The lowest BCUT2D eigenvalue weighted by Gasteiger charge is -2.16. The second-order valence-electron chi connectivity index (χ2n) is 4.48. The third-order valence-electron chi connectivity index (χ3n) is 3.09. The van der Waals surface area contributed by atoms with Gasteiger partial charge in [0.05, 0.1) is 11.7 Å². The Morgan fingerprint density at radius 3 is 2.42 bits per heavy atom. The number of rotatable bonds is 4. The fourth-order valence-corrected chi connectivity index (χ4v) is 2.31. The van der Waals surface area contributed by atoms with Gasteiger partial charge >= 0.3 is 0 Å². The second kappa shape index (κ2) is 5.48. The van der Waals surface area contributed by atoms with E-state index in [1.54, 1.807) is 11.7 Å². The van der Waals surface area contributed by atoms with Crippen LogP contribution in [0.5, 0.6) is 0 Å². The maximum atomic E-state index is 13.3. The maximum absolute atomic E-state index is 13.3. The van der Waals surface area contributed by atoms with E-state index in [-0.39, 0.29) is 6.04 Å². The van der Waals surface area contributed by atoms with E-state index in [2.05, 4.69) is 10.4 Å². The molecule has 3 nitrogen and oxygen atoms in total. The van der Waals surface area contributed by atoms with Crippen LogP contribution in [0.1, 0.15) is 29.8 Å². The highest BCUT2D eigenvalue weighted by Gasteiger charge is 2.19. The minimum Gasteiger partial charge on any atom is -0.309 e. The lowest BCUT2D eigenvalue weighted by molar-refractivity contribution is 0.571. The first kappa shape index (κ1) is 13.7. The molecule has 1 unspecified atom stereocenters. The third-order valence-corrected chi connectivity index (χ3v) is 3.09. The highest BCUT2D eigenvalue weighted by molar-refractivity contribution is 5.33. The molecule has 1 heterocycles. The van der Waals surface area contributed by atoms with Crippen molar-refractivity contribution in [2.24, 2.45) is 7.05 Å². The smallest absolute Gasteiger partial charge is 0.126 e. The normalized spacial score (nSPS) is 12.7. The zero-order valence-electron chi connectivity index (χ0n) is 11.2. The van der Waals surface area contributed by atoms with E-state index >= 15 is 0 Å². The Labute approximate surface area is 111 Å². The van der Waals surface area contributed by atoms with Crippen LogP contribution in [0.3, 0.4) is 0 Å². The summed E-state index contributed by atoms with van der Waals surface area (Å²) in [6.07, 6.45) is 2.65. The molecule has 0 aliphatic heterocycles. The molecule has 19 heavy (non-hydrogen) atoms. The average Bonchev–Trinajstić information content (AvgIpc) is 2.70. The van der Waals surface area contributed by atoms with Crippen LogP contribution in [0.15, 0.2) is 24.4 Å². The van der Waals surface area contributed by atoms with E-state index < -0.39 is 11.6 Å². The summed E-state index contributed by atoms with van der Waals surface area (Å²) in [6, 6.07) is 3.29. The summed E-state index contributed by atoms with van der Waals surface area (Å²) in [5.74, 6) is -1.14. The van der Waals surface area contributed by atoms with Crippen molar-refractivity contribution >= 4 is 0 Å². The second-order valence-corrected chi connectivity index (χ2v) is 4.48. The first-order valence-corrected chi connectivity index (χ1v) is 6.20. The number of aryl methyl sites for hydroxylation is 2. The van der Waals surface area contributed by atoms with E-state index in [4.69, 9.17) is 0 Å². The van der Waals surface area contributed by atoms with Gasteiger partial charge in [0.25, 0.3) is 0 Å². The summed E-state index contributed by atoms with van der Waals surface area (Å²) in [7, 11) is 3.60. The lowest BCUT2D eigenvalue weighted by atomic mass is 9.98. The van der Waals surface area contributed by atoms with Gasteiger partial charge in [0.1, 0.15) is 11.6 Å². The topological polar surface area (TPSA) is 29.9 Å². The van der Waals surface area contributed by atoms with Gasteiger partial charge in [-0.1, -0.05) is 6.92 Å². The van der Waals surface area contributed by atoms with Crippen molar-refractivity contribution in [1.82, 2.24) is 15.1 Å². The van der Waals surface area contributed by atoms with Crippen molar-refractivity contribution < 1.29 is 8.78 Å². The molecule has 0 radical (unpaired) electrons. The zero-order chi connectivity index (χ0) is 14.0. The average molecular weight is 265 g/mol. The molecule has 0 spiro atoms. The van der Waals surface area contributed by atoms with E-state index in [1.165, 1.54) is 12.1 Å². The standard InChI is InChI=1S/C14H17F2N3/c1-4-13-12(8-19(3)18-13)14(17-2)9-5-10(15)7-11(16)6-9/h5-8,14,17H,4H2,1-3H3. The molecule has 0 fully saturated rings. The number of halogens is 2. The third kappa shape index (κ3) is 2.81. The highest BCUT2D eigenvalue weighted by Crippen LogP contribution is 2.25. The molecular formula is C14H17F2N3. The van der Waals surface area contributed by atoms with Gasteiger partial charge in [0.2, 0.25) is 0 Å². The molecule has 2 rings (SSSR count). The summed E-state index contributed by atoms with van der Waals surface area (Å²) >= 11 is 0. The molecule has 0 saturated carbocycles. The molecule has 0 aliphatic rings. The Morgan fingerprint density at radius 1 is 1.26 bits per heavy atom. The molecule has 5 heteroatoms. The van der Waals surface area contributed by atoms with Crippen LogP contribution < -0.4 is 5.32 Å². The SMILES string of the molecule is CCc1nn(C)cc1C(NC)c1cc(F)cc(F)c1. The van der Waals surface area contributed by atoms with E-state index in [0.717, 1.165) is 23.7 Å². The summed E-state index contributed by atoms with van der Waals surface area (Å²) in [4.78, 5) is 0. The van der Waals surface area contributed by atoms with Gasteiger partial charge < -0.3 is 5.32 Å². The van der Waals surface area contributed by atoms with Gasteiger partial charge in [-0.25, -0.2) is 8.78 Å². The lowest BCUT2D eigenvalue weighted by Crippen LogP contribution is -2.19. The highest BCUT2D eigenvalue weighted by atomic mass is 19.1. The molecule has 1 N–H and O–H groups in total. The molecular weight excluding hydrogens is 248 g/mol. The Bertz CT molecular complexity index is 558. The van der Waals surface area contributed by atoms with Crippen LogP contribution in [0.25, 0.3) is 0 Å². The Kier molecular flexibility index (Phi) is 3.95. The number of benzene rings is 1. The summed E-state index contributed by atoms with van der Waals surface area (Å²) in [6.45, 7) is 2.00.